The van der Waals surface area contributed by atoms with Crippen LogP contribution in [0, 0.1) is 0 Å². The highest BCUT2D eigenvalue weighted by Gasteiger charge is 2.35. The largest absolute Gasteiger partial charge is 0.468 e. The highest BCUT2D eigenvalue weighted by molar-refractivity contribution is 5.76. The molecule has 0 saturated carbocycles. The summed E-state index contributed by atoms with van der Waals surface area (Å²) in [5, 5.41) is 9.09. The maximum absolute atomic E-state index is 12.0. The van der Waals surface area contributed by atoms with Crippen LogP contribution in [0.1, 0.15) is 6.92 Å². The first-order valence-corrected chi connectivity index (χ1v) is 3.07. The van der Waals surface area contributed by atoms with Gasteiger partial charge in [0.1, 0.15) is 18.3 Å². The van der Waals surface area contributed by atoms with Crippen LogP contribution in [-0.4, -0.2) is 36.5 Å². The molecule has 0 bridgehead atoms. The van der Waals surface area contributed by atoms with Crippen molar-refractivity contribution < 1.29 is 19.0 Å². The quantitative estimate of drug-likeness (QED) is 0.537. The second-order valence-electron chi connectivity index (χ2n) is 2.49. The molecular formula is C6H12FNO3. The summed E-state index contributed by atoms with van der Waals surface area (Å²) in [6.07, 6.45) is 0. The van der Waals surface area contributed by atoms with Gasteiger partial charge in [0.2, 0.25) is 0 Å². The fourth-order valence-electron chi connectivity index (χ4n) is 0.464. The molecule has 2 atom stereocenters. The topological polar surface area (TPSA) is 72.5 Å². The molecule has 0 radical (unpaired) electrons. The summed E-state index contributed by atoms with van der Waals surface area (Å²) in [5.41, 5.74) is 3.31. The van der Waals surface area contributed by atoms with Gasteiger partial charge in [0, 0.05) is 0 Å². The predicted octanol–water partition coefficient (Wildman–Crippen LogP) is -0.793. The number of esters is 1. The summed E-state index contributed by atoms with van der Waals surface area (Å²) in [4.78, 5) is 10.6. The van der Waals surface area contributed by atoms with Crippen molar-refractivity contribution in [2.75, 3.05) is 13.8 Å². The Balaban J connectivity index is 4.22. The first kappa shape index (κ1) is 10.3. The number of carbonyl (C=O) groups excluding carboxylic acids is 1. The van der Waals surface area contributed by atoms with Gasteiger partial charge < -0.3 is 15.6 Å². The van der Waals surface area contributed by atoms with Crippen molar-refractivity contribution in [3.8, 4) is 0 Å². The Kier molecular flexibility index (Phi) is 3.41. The molecule has 0 amide bonds. The second kappa shape index (κ2) is 3.64. The lowest BCUT2D eigenvalue weighted by Crippen LogP contribution is -2.52. The van der Waals surface area contributed by atoms with Gasteiger partial charge in [-0.1, -0.05) is 0 Å². The second-order valence-corrected chi connectivity index (χ2v) is 2.49. The molecule has 5 heteroatoms. The average molecular weight is 165 g/mol. The Labute approximate surface area is 64.1 Å². The van der Waals surface area contributed by atoms with E-state index in [1.165, 1.54) is 0 Å². The molecule has 0 fully saturated rings. The first-order valence-electron chi connectivity index (χ1n) is 3.07. The standard InChI is InChI=1S/C6H12FNO3/c1-6(10,3-7)4(8)5(9)11-2/h4,10H,3,8H2,1-2H3. The van der Waals surface area contributed by atoms with E-state index < -0.39 is 24.3 Å². The molecule has 0 rings (SSSR count). The molecule has 0 spiro atoms. The predicted molar refractivity (Wildman–Crippen MR) is 36.6 cm³/mol. The Hall–Kier alpha value is -0.680. The lowest BCUT2D eigenvalue weighted by Gasteiger charge is -2.24. The third-order valence-electron chi connectivity index (χ3n) is 1.40. The van der Waals surface area contributed by atoms with Gasteiger partial charge in [-0.15, -0.1) is 0 Å². The number of rotatable bonds is 3. The van der Waals surface area contributed by atoms with E-state index in [1.807, 2.05) is 0 Å². The van der Waals surface area contributed by atoms with E-state index in [0.29, 0.717) is 0 Å². The molecule has 11 heavy (non-hydrogen) atoms. The van der Waals surface area contributed by atoms with E-state index in [9.17, 15) is 9.18 Å². The molecule has 0 heterocycles. The van der Waals surface area contributed by atoms with Crippen molar-refractivity contribution in [1.29, 1.82) is 0 Å². The highest BCUT2D eigenvalue weighted by Crippen LogP contribution is 2.09. The molecular weight excluding hydrogens is 153 g/mol. The third-order valence-corrected chi connectivity index (χ3v) is 1.40. The van der Waals surface area contributed by atoms with Crippen LogP contribution < -0.4 is 5.73 Å². The van der Waals surface area contributed by atoms with Gasteiger partial charge in [-0.2, -0.15) is 0 Å². The lowest BCUT2D eigenvalue weighted by atomic mass is 9.99. The number of nitrogens with two attached hydrogens (primary N) is 1. The third kappa shape index (κ3) is 2.44. The summed E-state index contributed by atoms with van der Waals surface area (Å²) in [5.74, 6) is -0.826. The molecule has 0 aromatic rings. The molecule has 0 aliphatic rings. The minimum absolute atomic E-state index is 0.826. The zero-order chi connectivity index (χ0) is 9.07. The van der Waals surface area contributed by atoms with Gasteiger partial charge >= 0.3 is 5.97 Å². The summed E-state index contributed by atoms with van der Waals surface area (Å²) in [6.45, 7) is 0.0534. The van der Waals surface area contributed by atoms with Crippen LogP contribution >= 0.6 is 0 Å². The summed E-state index contributed by atoms with van der Waals surface area (Å²) in [7, 11) is 1.12. The monoisotopic (exact) mass is 165 g/mol. The Morgan fingerprint density at radius 2 is 2.36 bits per heavy atom. The fourth-order valence-corrected chi connectivity index (χ4v) is 0.464. The van der Waals surface area contributed by atoms with Gasteiger partial charge in [-0.05, 0) is 6.92 Å². The van der Waals surface area contributed by atoms with Crippen molar-refractivity contribution in [2.24, 2.45) is 5.73 Å². The van der Waals surface area contributed by atoms with Crippen LogP contribution in [0.4, 0.5) is 4.39 Å². The molecule has 2 unspecified atom stereocenters. The molecule has 0 aliphatic heterocycles. The first-order chi connectivity index (χ1) is 4.95. The highest BCUT2D eigenvalue weighted by atomic mass is 19.1. The summed E-state index contributed by atoms with van der Waals surface area (Å²) < 4.78 is 16.2. The number of carbonyl (C=O) groups is 1. The molecule has 3 N–H and O–H groups in total. The van der Waals surface area contributed by atoms with Crippen LogP contribution in [0.2, 0.25) is 0 Å². The fraction of sp³-hybridized carbons (Fsp3) is 0.833. The SMILES string of the molecule is COC(=O)C(N)C(C)(O)CF. The average Bonchev–Trinajstić information content (AvgIpc) is 2.01. The maximum atomic E-state index is 12.0. The number of aliphatic hydroxyl groups is 1. The van der Waals surface area contributed by atoms with E-state index in [4.69, 9.17) is 10.8 Å². The minimum Gasteiger partial charge on any atom is -0.468 e. The number of hydrogen-bond acceptors (Lipinski definition) is 4. The Morgan fingerprint density at radius 1 is 1.91 bits per heavy atom. The lowest BCUT2D eigenvalue weighted by molar-refractivity contribution is -0.149. The van der Waals surface area contributed by atoms with Crippen LogP contribution in [0.5, 0.6) is 0 Å². The van der Waals surface area contributed by atoms with Crippen molar-refractivity contribution in [3.63, 3.8) is 0 Å². The van der Waals surface area contributed by atoms with Gasteiger partial charge in [0.15, 0.2) is 0 Å². The zero-order valence-electron chi connectivity index (χ0n) is 6.50. The minimum atomic E-state index is -1.84. The van der Waals surface area contributed by atoms with Crippen LogP contribution in [-0.2, 0) is 9.53 Å². The Bertz CT molecular complexity index is 149. The van der Waals surface area contributed by atoms with Crippen LogP contribution in [0.3, 0.4) is 0 Å². The van der Waals surface area contributed by atoms with E-state index >= 15 is 0 Å². The van der Waals surface area contributed by atoms with E-state index in [0.717, 1.165) is 14.0 Å². The van der Waals surface area contributed by atoms with Crippen molar-refractivity contribution in [3.05, 3.63) is 0 Å². The van der Waals surface area contributed by atoms with Gasteiger partial charge in [-0.25, -0.2) is 4.39 Å². The van der Waals surface area contributed by atoms with E-state index in [-0.39, 0.29) is 0 Å². The van der Waals surface area contributed by atoms with E-state index in [1.54, 1.807) is 0 Å². The molecule has 66 valence electrons. The number of halogens is 1. The van der Waals surface area contributed by atoms with Gasteiger partial charge in [0.25, 0.3) is 0 Å². The van der Waals surface area contributed by atoms with E-state index in [2.05, 4.69) is 4.74 Å². The molecule has 0 aromatic carbocycles. The molecule has 0 saturated heterocycles. The van der Waals surface area contributed by atoms with Gasteiger partial charge in [0.05, 0.1) is 7.11 Å². The van der Waals surface area contributed by atoms with Crippen molar-refractivity contribution >= 4 is 5.97 Å². The molecule has 0 aliphatic carbocycles. The summed E-state index contributed by atoms with van der Waals surface area (Å²) >= 11 is 0. The smallest absolute Gasteiger partial charge is 0.325 e. The molecule has 0 aromatic heterocycles. The van der Waals surface area contributed by atoms with Crippen LogP contribution in [0.15, 0.2) is 0 Å². The number of ether oxygens (including phenoxy) is 1. The van der Waals surface area contributed by atoms with Gasteiger partial charge in [-0.3, -0.25) is 4.79 Å². The maximum Gasteiger partial charge on any atom is 0.325 e. The zero-order valence-corrected chi connectivity index (χ0v) is 6.50. The number of hydrogen-bond donors (Lipinski definition) is 2. The number of methoxy groups -OCH3 is 1. The normalized spacial score (nSPS) is 18.6. The number of alkyl halides is 1. The van der Waals surface area contributed by atoms with Crippen molar-refractivity contribution in [1.82, 2.24) is 0 Å². The molecule has 4 nitrogen and oxygen atoms in total. The summed E-state index contributed by atoms with van der Waals surface area (Å²) in [6, 6.07) is -1.34. The van der Waals surface area contributed by atoms with Crippen LogP contribution in [0.25, 0.3) is 0 Å². The van der Waals surface area contributed by atoms with Crippen molar-refractivity contribution in [2.45, 2.75) is 18.6 Å². The Morgan fingerprint density at radius 3 is 2.64 bits per heavy atom.